The van der Waals surface area contributed by atoms with Gasteiger partial charge >= 0.3 is 0 Å². The fraction of sp³-hybridized carbons (Fsp3) is 0.385. The van der Waals surface area contributed by atoms with Gasteiger partial charge in [0.25, 0.3) is 5.91 Å². The Bertz CT molecular complexity index is 1390. The minimum atomic E-state index is -0.00807. The molecule has 36 heavy (non-hydrogen) atoms. The lowest BCUT2D eigenvalue weighted by Gasteiger charge is -2.14. The lowest BCUT2D eigenvalue weighted by Crippen LogP contribution is -2.33. The van der Waals surface area contributed by atoms with Gasteiger partial charge in [0.15, 0.2) is 0 Å². The van der Waals surface area contributed by atoms with E-state index in [9.17, 15) is 4.79 Å². The summed E-state index contributed by atoms with van der Waals surface area (Å²) in [5.41, 5.74) is 2.83. The molecule has 0 spiro atoms. The first kappa shape index (κ1) is 22.9. The van der Waals surface area contributed by atoms with E-state index in [1.807, 2.05) is 43.3 Å². The van der Waals surface area contributed by atoms with Gasteiger partial charge in [-0.1, -0.05) is 6.07 Å². The van der Waals surface area contributed by atoms with Crippen molar-refractivity contribution in [2.45, 2.75) is 38.5 Å². The average Bonchev–Trinajstić information content (AvgIpc) is 3.22. The molecule has 1 aliphatic carbocycles. The number of aromatic nitrogens is 4. The third-order valence-corrected chi connectivity index (χ3v) is 7.72. The monoisotopic (exact) mass is 502 g/mol. The van der Waals surface area contributed by atoms with E-state index in [0.29, 0.717) is 24.2 Å². The molecule has 9 nitrogen and oxygen atoms in total. The number of carbonyl (C=O) groups is 1. The number of thiophene rings is 1. The number of nitrogens with one attached hydrogen (secondary N) is 4. The molecule has 2 fully saturated rings. The van der Waals surface area contributed by atoms with Crippen molar-refractivity contribution in [2.24, 2.45) is 0 Å². The fourth-order valence-electron chi connectivity index (χ4n) is 4.59. The van der Waals surface area contributed by atoms with E-state index in [1.165, 1.54) is 37.0 Å². The summed E-state index contributed by atoms with van der Waals surface area (Å²) in [6, 6.07) is 12.0. The zero-order chi connectivity index (χ0) is 24.5. The molecular weight excluding hydrogens is 472 g/mol. The van der Waals surface area contributed by atoms with E-state index < -0.39 is 0 Å². The van der Waals surface area contributed by atoms with Crippen molar-refractivity contribution in [3.05, 3.63) is 52.7 Å². The number of hydrogen-bond donors (Lipinski definition) is 4. The molecule has 1 aromatic carbocycles. The fourth-order valence-corrected chi connectivity index (χ4v) is 5.61. The molecule has 4 aromatic rings. The van der Waals surface area contributed by atoms with Crippen molar-refractivity contribution >= 4 is 50.6 Å². The maximum atomic E-state index is 12.7. The van der Waals surface area contributed by atoms with Crippen LogP contribution in [-0.2, 0) is 0 Å². The minimum absolute atomic E-state index is 0.00807. The second-order valence-electron chi connectivity index (χ2n) is 9.62. The zero-order valence-electron chi connectivity index (χ0n) is 20.3. The number of rotatable bonds is 9. The second kappa shape index (κ2) is 9.87. The summed E-state index contributed by atoms with van der Waals surface area (Å²) in [4.78, 5) is 25.0. The summed E-state index contributed by atoms with van der Waals surface area (Å²) >= 11 is 1.50. The highest BCUT2D eigenvalue weighted by Crippen LogP contribution is 2.39. The van der Waals surface area contributed by atoms with E-state index >= 15 is 0 Å². The Morgan fingerprint density at radius 2 is 1.97 bits per heavy atom. The number of amides is 1. The quantitative estimate of drug-likeness (QED) is 0.257. The minimum Gasteiger partial charge on any atom is -0.350 e. The standard InChI is InChI=1S/C26H30N8OS/c1-16-12-23(30-24-15-20(32-33-24)17-4-5-17)31-26(28-16)29-19-7-6-18-13-22(36-21(18)14-19)25(35)27-8-11-34-9-2-3-10-34/h6-7,12-15,17H,2-5,8-11H2,1H3,(H,27,35)(H3,28,29,30,31,32,33). The van der Waals surface area contributed by atoms with Gasteiger partial charge in [-0.25, -0.2) is 4.98 Å². The Balaban J connectivity index is 1.11. The van der Waals surface area contributed by atoms with Gasteiger partial charge in [-0.3, -0.25) is 9.89 Å². The topological polar surface area (TPSA) is 111 Å². The second-order valence-corrected chi connectivity index (χ2v) is 10.7. The van der Waals surface area contributed by atoms with Gasteiger partial charge < -0.3 is 20.9 Å². The number of benzene rings is 1. The largest absolute Gasteiger partial charge is 0.350 e. The molecule has 1 saturated carbocycles. The zero-order valence-corrected chi connectivity index (χ0v) is 21.1. The van der Waals surface area contributed by atoms with Gasteiger partial charge in [0.1, 0.15) is 11.6 Å². The lowest BCUT2D eigenvalue weighted by molar-refractivity contribution is 0.0954. The van der Waals surface area contributed by atoms with Crippen LogP contribution < -0.4 is 16.0 Å². The van der Waals surface area contributed by atoms with Crippen molar-refractivity contribution in [2.75, 3.05) is 36.8 Å². The highest BCUT2D eigenvalue weighted by atomic mass is 32.1. The van der Waals surface area contributed by atoms with Gasteiger partial charge in [0.2, 0.25) is 5.95 Å². The summed E-state index contributed by atoms with van der Waals surface area (Å²) in [6.45, 7) is 5.82. The lowest BCUT2D eigenvalue weighted by atomic mass is 10.2. The van der Waals surface area contributed by atoms with Gasteiger partial charge in [-0.15, -0.1) is 11.3 Å². The molecule has 0 atom stereocenters. The summed E-state index contributed by atoms with van der Waals surface area (Å²) in [5, 5.41) is 18.2. The van der Waals surface area contributed by atoms with Gasteiger partial charge in [0, 0.05) is 47.2 Å². The first-order chi connectivity index (χ1) is 17.6. The molecule has 4 heterocycles. The maximum Gasteiger partial charge on any atom is 0.261 e. The number of aryl methyl sites for hydroxylation is 1. The Morgan fingerprint density at radius 1 is 1.11 bits per heavy atom. The normalized spacial score (nSPS) is 15.9. The third-order valence-electron chi connectivity index (χ3n) is 6.62. The number of nitrogens with zero attached hydrogens (tertiary/aromatic N) is 4. The first-order valence-electron chi connectivity index (χ1n) is 12.6. The summed E-state index contributed by atoms with van der Waals surface area (Å²) < 4.78 is 1.04. The van der Waals surface area contributed by atoms with Gasteiger partial charge in [-0.05, 0) is 69.3 Å². The Hall–Kier alpha value is -3.50. The predicted molar refractivity (Wildman–Crippen MR) is 144 cm³/mol. The summed E-state index contributed by atoms with van der Waals surface area (Å²) in [6.07, 6.45) is 4.95. The van der Waals surface area contributed by atoms with Crippen molar-refractivity contribution in [1.82, 2.24) is 30.4 Å². The van der Waals surface area contributed by atoms with Crippen molar-refractivity contribution in [3.63, 3.8) is 0 Å². The van der Waals surface area contributed by atoms with E-state index in [-0.39, 0.29) is 5.91 Å². The van der Waals surface area contributed by atoms with Crippen LogP contribution in [0.25, 0.3) is 10.1 Å². The number of aromatic amines is 1. The number of carbonyl (C=O) groups excluding carboxylic acids is 1. The number of fused-ring (bicyclic) bond motifs is 1. The molecule has 0 unspecified atom stereocenters. The van der Waals surface area contributed by atoms with Crippen LogP contribution in [0.4, 0.5) is 23.3 Å². The molecular formula is C26H30N8OS. The molecule has 1 saturated heterocycles. The van der Waals surface area contributed by atoms with Crippen LogP contribution in [0.2, 0.25) is 0 Å². The van der Waals surface area contributed by atoms with Crippen LogP contribution in [0.1, 0.15) is 52.7 Å². The molecule has 10 heteroatoms. The van der Waals surface area contributed by atoms with E-state index in [4.69, 9.17) is 0 Å². The first-order valence-corrected chi connectivity index (χ1v) is 13.4. The Labute approximate surface area is 213 Å². The number of H-pyrrole nitrogens is 1. The molecule has 3 aromatic heterocycles. The van der Waals surface area contributed by atoms with Crippen LogP contribution in [0.3, 0.4) is 0 Å². The molecule has 186 valence electrons. The van der Waals surface area contributed by atoms with Gasteiger partial charge in [-0.2, -0.15) is 10.1 Å². The number of hydrogen-bond acceptors (Lipinski definition) is 8. The van der Waals surface area contributed by atoms with Crippen molar-refractivity contribution in [3.8, 4) is 0 Å². The number of likely N-dealkylation sites (tertiary alicyclic amines) is 1. The third kappa shape index (κ3) is 5.34. The van der Waals surface area contributed by atoms with Crippen LogP contribution in [-0.4, -0.2) is 57.2 Å². The Kier molecular flexibility index (Phi) is 6.28. The molecule has 2 aliphatic rings. The molecule has 4 N–H and O–H groups in total. The van der Waals surface area contributed by atoms with E-state index in [2.05, 4.69) is 41.0 Å². The Morgan fingerprint density at radius 3 is 2.81 bits per heavy atom. The molecule has 0 radical (unpaired) electrons. The highest BCUT2D eigenvalue weighted by Gasteiger charge is 2.26. The summed E-state index contributed by atoms with van der Waals surface area (Å²) in [5.74, 6) is 2.62. The molecule has 1 amide bonds. The average molecular weight is 503 g/mol. The molecule has 6 rings (SSSR count). The van der Waals surface area contributed by atoms with Gasteiger partial charge in [0.05, 0.1) is 10.6 Å². The van der Waals surface area contributed by atoms with Crippen LogP contribution >= 0.6 is 11.3 Å². The van der Waals surface area contributed by atoms with E-state index in [0.717, 1.165) is 57.5 Å². The van der Waals surface area contributed by atoms with Crippen LogP contribution in [0.5, 0.6) is 0 Å². The maximum absolute atomic E-state index is 12.7. The summed E-state index contributed by atoms with van der Waals surface area (Å²) in [7, 11) is 0. The highest BCUT2D eigenvalue weighted by molar-refractivity contribution is 7.20. The van der Waals surface area contributed by atoms with Crippen molar-refractivity contribution in [1.29, 1.82) is 0 Å². The van der Waals surface area contributed by atoms with Crippen LogP contribution in [0, 0.1) is 6.92 Å². The molecule has 0 bridgehead atoms. The smallest absolute Gasteiger partial charge is 0.261 e. The predicted octanol–water partition coefficient (Wildman–Crippen LogP) is 4.91. The van der Waals surface area contributed by atoms with E-state index in [1.54, 1.807) is 0 Å². The van der Waals surface area contributed by atoms with Crippen LogP contribution in [0.15, 0.2) is 36.4 Å². The molecule has 1 aliphatic heterocycles. The number of anilines is 4. The SMILES string of the molecule is Cc1cc(Nc2cc(C3CC3)n[nH]2)nc(Nc2ccc3cc(C(=O)NCCN4CCCC4)sc3c2)n1. The van der Waals surface area contributed by atoms with Crippen molar-refractivity contribution < 1.29 is 4.79 Å².